The fourth-order valence-corrected chi connectivity index (χ4v) is 7.16. The van der Waals surface area contributed by atoms with Gasteiger partial charge in [0, 0.05) is 19.3 Å². The Kier molecular flexibility index (Phi) is 53.0. The molecule has 0 radical (unpaired) electrons. The molecule has 0 aromatic carbocycles. The molecular formula is C63H102O6. The van der Waals surface area contributed by atoms with E-state index in [1.807, 2.05) is 0 Å². The van der Waals surface area contributed by atoms with Crippen molar-refractivity contribution in [3.63, 3.8) is 0 Å². The molecule has 0 bridgehead atoms. The van der Waals surface area contributed by atoms with Crippen molar-refractivity contribution in [3.8, 4) is 0 Å². The van der Waals surface area contributed by atoms with Crippen LogP contribution in [0.1, 0.15) is 239 Å². The Balaban J connectivity index is 4.59. The van der Waals surface area contributed by atoms with Crippen molar-refractivity contribution in [1.29, 1.82) is 0 Å². The summed E-state index contributed by atoms with van der Waals surface area (Å²) in [5, 5.41) is 0. The number of rotatable bonds is 49. The third kappa shape index (κ3) is 54.6. The van der Waals surface area contributed by atoms with Gasteiger partial charge < -0.3 is 14.2 Å². The summed E-state index contributed by atoms with van der Waals surface area (Å²) in [6.45, 7) is 6.45. The number of ether oxygens (including phenoxy) is 3. The largest absolute Gasteiger partial charge is 0.462 e. The second kappa shape index (κ2) is 56.4. The van der Waals surface area contributed by atoms with Gasteiger partial charge in [-0.25, -0.2) is 0 Å². The van der Waals surface area contributed by atoms with Crippen molar-refractivity contribution in [2.24, 2.45) is 0 Å². The Bertz CT molecular complexity index is 1470. The van der Waals surface area contributed by atoms with Crippen molar-refractivity contribution in [1.82, 2.24) is 0 Å². The summed E-state index contributed by atoms with van der Waals surface area (Å²) in [6, 6.07) is 0. The summed E-state index contributed by atoms with van der Waals surface area (Å²) < 4.78 is 16.7. The van der Waals surface area contributed by atoms with Crippen LogP contribution in [0.15, 0.2) is 122 Å². The lowest BCUT2D eigenvalue weighted by Gasteiger charge is -2.18. The van der Waals surface area contributed by atoms with Crippen LogP contribution in [0.3, 0.4) is 0 Å². The first kappa shape index (κ1) is 64.8. The van der Waals surface area contributed by atoms with Gasteiger partial charge in [-0.3, -0.25) is 14.4 Å². The van der Waals surface area contributed by atoms with Gasteiger partial charge in [0.15, 0.2) is 6.10 Å². The minimum Gasteiger partial charge on any atom is -0.462 e. The summed E-state index contributed by atoms with van der Waals surface area (Å²) in [4.78, 5) is 38.1. The third-order valence-corrected chi connectivity index (χ3v) is 11.4. The molecule has 0 aromatic heterocycles. The maximum Gasteiger partial charge on any atom is 0.306 e. The highest BCUT2D eigenvalue weighted by atomic mass is 16.6. The summed E-state index contributed by atoms with van der Waals surface area (Å²) in [6.07, 6.45) is 77.6. The molecule has 6 heteroatoms. The Morgan fingerprint density at radius 1 is 0.290 bits per heavy atom. The van der Waals surface area contributed by atoms with Crippen molar-refractivity contribution in [3.05, 3.63) is 122 Å². The molecule has 390 valence electrons. The predicted octanol–water partition coefficient (Wildman–Crippen LogP) is 18.9. The number of carbonyl (C=O) groups excluding carboxylic acids is 3. The summed E-state index contributed by atoms with van der Waals surface area (Å²) >= 11 is 0. The first-order chi connectivity index (χ1) is 34.0. The number of carbonyl (C=O) groups is 3. The average molecular weight is 956 g/mol. The molecule has 0 saturated carbocycles. The molecular weight excluding hydrogens is 853 g/mol. The minimum atomic E-state index is -0.836. The predicted molar refractivity (Wildman–Crippen MR) is 297 cm³/mol. The van der Waals surface area contributed by atoms with Crippen LogP contribution >= 0.6 is 0 Å². The van der Waals surface area contributed by atoms with E-state index in [4.69, 9.17) is 14.2 Å². The molecule has 0 rings (SSSR count). The van der Waals surface area contributed by atoms with Gasteiger partial charge in [-0.2, -0.15) is 0 Å². The van der Waals surface area contributed by atoms with Crippen LogP contribution < -0.4 is 0 Å². The maximum atomic E-state index is 12.8. The molecule has 6 nitrogen and oxygen atoms in total. The number of hydrogen-bond acceptors (Lipinski definition) is 6. The molecule has 1 unspecified atom stereocenters. The van der Waals surface area contributed by atoms with Gasteiger partial charge in [-0.15, -0.1) is 0 Å². The van der Waals surface area contributed by atoms with E-state index in [2.05, 4.69) is 142 Å². The molecule has 0 saturated heterocycles. The normalized spacial score (nSPS) is 13.0. The van der Waals surface area contributed by atoms with E-state index in [0.29, 0.717) is 19.3 Å². The van der Waals surface area contributed by atoms with E-state index in [1.165, 1.54) is 103 Å². The molecule has 0 N–H and O–H groups in total. The second-order valence-corrected chi connectivity index (χ2v) is 18.1. The molecule has 0 aromatic rings. The average Bonchev–Trinajstić information content (AvgIpc) is 3.35. The lowest BCUT2D eigenvalue weighted by molar-refractivity contribution is -0.167. The van der Waals surface area contributed by atoms with Gasteiger partial charge in [0.2, 0.25) is 0 Å². The van der Waals surface area contributed by atoms with Crippen molar-refractivity contribution >= 4 is 17.9 Å². The molecule has 0 aliphatic heterocycles. The van der Waals surface area contributed by atoms with Crippen LogP contribution in [0.25, 0.3) is 0 Å². The highest BCUT2D eigenvalue weighted by molar-refractivity contribution is 5.71. The van der Waals surface area contributed by atoms with E-state index < -0.39 is 6.10 Å². The van der Waals surface area contributed by atoms with E-state index in [1.54, 1.807) is 0 Å². The first-order valence-electron chi connectivity index (χ1n) is 28.0. The van der Waals surface area contributed by atoms with Gasteiger partial charge in [-0.1, -0.05) is 213 Å². The summed E-state index contributed by atoms with van der Waals surface area (Å²) in [7, 11) is 0. The smallest absolute Gasteiger partial charge is 0.306 e. The lowest BCUT2D eigenvalue weighted by Crippen LogP contribution is -2.30. The van der Waals surface area contributed by atoms with Gasteiger partial charge in [0.25, 0.3) is 0 Å². The fourth-order valence-electron chi connectivity index (χ4n) is 7.16. The van der Waals surface area contributed by atoms with Gasteiger partial charge in [0.1, 0.15) is 13.2 Å². The van der Waals surface area contributed by atoms with Crippen LogP contribution in [0.4, 0.5) is 0 Å². The van der Waals surface area contributed by atoms with Crippen LogP contribution in [-0.2, 0) is 28.6 Å². The Morgan fingerprint density at radius 2 is 0.536 bits per heavy atom. The minimum absolute atomic E-state index is 0.124. The van der Waals surface area contributed by atoms with Crippen LogP contribution in [-0.4, -0.2) is 37.2 Å². The van der Waals surface area contributed by atoms with E-state index in [-0.39, 0.29) is 44.0 Å². The topological polar surface area (TPSA) is 78.9 Å². The van der Waals surface area contributed by atoms with Crippen molar-refractivity contribution < 1.29 is 28.6 Å². The number of allylic oxidation sites excluding steroid dienone is 20. The summed E-state index contributed by atoms with van der Waals surface area (Å²) in [5.74, 6) is -1.05. The van der Waals surface area contributed by atoms with Crippen LogP contribution in [0.5, 0.6) is 0 Å². The lowest BCUT2D eigenvalue weighted by atomic mass is 10.1. The van der Waals surface area contributed by atoms with E-state index in [9.17, 15) is 14.4 Å². The maximum absolute atomic E-state index is 12.8. The van der Waals surface area contributed by atoms with E-state index in [0.717, 1.165) is 83.5 Å². The van der Waals surface area contributed by atoms with Gasteiger partial charge >= 0.3 is 17.9 Å². The monoisotopic (exact) mass is 955 g/mol. The molecule has 0 spiro atoms. The highest BCUT2D eigenvalue weighted by Gasteiger charge is 2.19. The fraction of sp³-hybridized carbons (Fsp3) is 0.635. The van der Waals surface area contributed by atoms with Crippen molar-refractivity contribution in [2.75, 3.05) is 13.2 Å². The third-order valence-electron chi connectivity index (χ3n) is 11.4. The zero-order valence-electron chi connectivity index (χ0n) is 44.5. The Hall–Kier alpha value is -4.19. The SMILES string of the molecule is CCCCC/C=C\C/C=C\C/C=C\C/C=C\CCCC(=O)OCC(COC(=O)CCCCCCCCC/C=C\C/C=C\CCCCC)OC(=O)CCC/C=C\C/C=C\C/C=C\C/C=C\CCCCC. The number of hydrogen-bond donors (Lipinski definition) is 0. The molecule has 1 atom stereocenters. The Labute approximate surface area is 424 Å². The molecule has 0 aliphatic carbocycles. The standard InChI is InChI=1S/C63H102O6/c1-4-7-10-13-16-19-22-25-28-31-34-37-40-43-46-49-52-55-61(64)67-58-60(69-63(66)57-54-51-48-45-42-39-36-33-30-27-24-21-18-15-12-9-6-3)59-68-62(65)56-53-50-47-44-41-38-35-32-29-26-23-20-17-14-11-8-5-2/h16-21,25-30,34,36-37,39,43,45-46,48,60H,4-15,22-24,31-33,35,38,40-42,44,47,49-59H2,1-3H3/b19-16-,20-17-,21-18-,28-25-,29-26-,30-27-,37-34-,39-36-,46-43-,48-45-. The van der Waals surface area contributed by atoms with Crippen molar-refractivity contribution in [2.45, 2.75) is 245 Å². The zero-order chi connectivity index (χ0) is 50.0. The van der Waals surface area contributed by atoms with Gasteiger partial charge in [-0.05, 0) is 128 Å². The first-order valence-corrected chi connectivity index (χ1v) is 28.0. The second-order valence-electron chi connectivity index (χ2n) is 18.1. The molecule has 0 amide bonds. The quantitative estimate of drug-likeness (QED) is 0.0262. The molecule has 0 fully saturated rings. The van der Waals surface area contributed by atoms with E-state index >= 15 is 0 Å². The summed E-state index contributed by atoms with van der Waals surface area (Å²) in [5.41, 5.74) is 0. The molecule has 0 heterocycles. The zero-order valence-corrected chi connectivity index (χ0v) is 44.5. The molecule has 0 aliphatic rings. The number of esters is 3. The van der Waals surface area contributed by atoms with Crippen LogP contribution in [0, 0.1) is 0 Å². The Morgan fingerprint density at radius 3 is 0.870 bits per heavy atom. The van der Waals surface area contributed by atoms with Gasteiger partial charge in [0.05, 0.1) is 0 Å². The number of unbranched alkanes of at least 4 members (excludes halogenated alkanes) is 18. The molecule has 69 heavy (non-hydrogen) atoms. The van der Waals surface area contributed by atoms with Crippen LogP contribution in [0.2, 0.25) is 0 Å². The highest BCUT2D eigenvalue weighted by Crippen LogP contribution is 2.12.